The molecule has 0 aliphatic heterocycles. The van der Waals surface area contributed by atoms with Crippen LogP contribution in [0.25, 0.3) is 0 Å². The number of hydrogen-bond donors (Lipinski definition) is 0. The first-order valence-electron chi connectivity index (χ1n) is 7.33. The second-order valence-electron chi connectivity index (χ2n) is 5.02. The SMILES string of the molecule is O=C(Cc1cccc(F)c1)Oc1ccc(Oc2ccccn2)cc1. The molecule has 0 unspecified atom stereocenters. The number of pyridine rings is 1. The fourth-order valence-electron chi connectivity index (χ4n) is 2.09. The Morgan fingerprint density at radius 3 is 2.46 bits per heavy atom. The third-order valence-corrected chi connectivity index (χ3v) is 3.15. The molecule has 2 aromatic carbocycles. The van der Waals surface area contributed by atoms with Crippen molar-refractivity contribution in [3.8, 4) is 17.4 Å². The third kappa shape index (κ3) is 4.39. The minimum atomic E-state index is -0.459. The molecule has 0 aliphatic rings. The Morgan fingerprint density at radius 2 is 1.75 bits per heavy atom. The van der Waals surface area contributed by atoms with Crippen molar-refractivity contribution in [2.75, 3.05) is 0 Å². The summed E-state index contributed by atoms with van der Waals surface area (Å²) in [5.41, 5.74) is 0.565. The van der Waals surface area contributed by atoms with Crippen molar-refractivity contribution in [1.82, 2.24) is 4.98 Å². The summed E-state index contributed by atoms with van der Waals surface area (Å²) >= 11 is 0. The average molecular weight is 323 g/mol. The lowest BCUT2D eigenvalue weighted by Gasteiger charge is -2.07. The van der Waals surface area contributed by atoms with Crippen LogP contribution in [0.2, 0.25) is 0 Å². The average Bonchev–Trinajstić information content (AvgIpc) is 2.57. The summed E-state index contributed by atoms with van der Waals surface area (Å²) in [5.74, 6) is 0.618. The van der Waals surface area contributed by atoms with Crippen molar-refractivity contribution in [2.24, 2.45) is 0 Å². The van der Waals surface area contributed by atoms with Gasteiger partial charge in [-0.1, -0.05) is 18.2 Å². The van der Waals surface area contributed by atoms with E-state index in [9.17, 15) is 9.18 Å². The highest BCUT2D eigenvalue weighted by Crippen LogP contribution is 2.22. The smallest absolute Gasteiger partial charge is 0.315 e. The number of esters is 1. The molecule has 0 aliphatic carbocycles. The number of ether oxygens (including phenoxy) is 2. The standard InChI is InChI=1S/C19H14FNO3/c20-15-5-3-4-14(12-15)13-19(22)24-17-9-7-16(8-10-17)23-18-6-1-2-11-21-18/h1-12H,13H2. The Kier molecular flexibility index (Phi) is 4.81. The normalized spacial score (nSPS) is 10.2. The molecule has 0 amide bonds. The number of nitrogens with zero attached hydrogens (tertiary/aromatic N) is 1. The van der Waals surface area contributed by atoms with Crippen molar-refractivity contribution in [2.45, 2.75) is 6.42 Å². The minimum absolute atomic E-state index is 0.00392. The largest absolute Gasteiger partial charge is 0.439 e. The highest BCUT2D eigenvalue weighted by molar-refractivity contribution is 5.75. The van der Waals surface area contributed by atoms with E-state index in [1.165, 1.54) is 12.1 Å². The van der Waals surface area contributed by atoms with Crippen LogP contribution in [0, 0.1) is 5.82 Å². The maximum Gasteiger partial charge on any atom is 0.315 e. The van der Waals surface area contributed by atoms with E-state index in [2.05, 4.69) is 4.98 Å². The number of carbonyl (C=O) groups is 1. The Bertz CT molecular complexity index is 820. The van der Waals surface area contributed by atoms with Crippen molar-refractivity contribution >= 4 is 5.97 Å². The van der Waals surface area contributed by atoms with Gasteiger partial charge in [0.1, 0.15) is 17.3 Å². The van der Waals surface area contributed by atoms with Gasteiger partial charge in [0.25, 0.3) is 0 Å². The number of benzene rings is 2. The van der Waals surface area contributed by atoms with Crippen molar-refractivity contribution < 1.29 is 18.7 Å². The first kappa shape index (κ1) is 15.7. The van der Waals surface area contributed by atoms with Gasteiger partial charge in [0.15, 0.2) is 0 Å². The molecule has 0 fully saturated rings. The van der Waals surface area contributed by atoms with E-state index in [1.807, 2.05) is 6.07 Å². The zero-order valence-electron chi connectivity index (χ0n) is 12.7. The van der Waals surface area contributed by atoms with Gasteiger partial charge in [0.05, 0.1) is 6.42 Å². The lowest BCUT2D eigenvalue weighted by Crippen LogP contribution is -2.11. The lowest BCUT2D eigenvalue weighted by atomic mass is 10.1. The summed E-state index contributed by atoms with van der Waals surface area (Å²) in [5, 5.41) is 0. The van der Waals surface area contributed by atoms with Gasteiger partial charge in [0.2, 0.25) is 5.88 Å². The summed E-state index contributed by atoms with van der Waals surface area (Å²) in [7, 11) is 0. The lowest BCUT2D eigenvalue weighted by molar-refractivity contribution is -0.133. The highest BCUT2D eigenvalue weighted by Gasteiger charge is 2.08. The number of rotatable bonds is 5. The third-order valence-electron chi connectivity index (χ3n) is 3.15. The van der Waals surface area contributed by atoms with Crippen LogP contribution in [-0.2, 0) is 11.2 Å². The predicted molar refractivity (Wildman–Crippen MR) is 86.5 cm³/mol. The van der Waals surface area contributed by atoms with Crippen molar-refractivity contribution in [1.29, 1.82) is 0 Å². The second-order valence-corrected chi connectivity index (χ2v) is 5.02. The Labute approximate surface area is 138 Å². The van der Waals surface area contributed by atoms with Crippen molar-refractivity contribution in [3.05, 3.63) is 84.3 Å². The van der Waals surface area contributed by atoms with Gasteiger partial charge in [-0.2, -0.15) is 0 Å². The maximum absolute atomic E-state index is 13.1. The van der Waals surface area contributed by atoms with Gasteiger partial charge in [-0.05, 0) is 48.0 Å². The van der Waals surface area contributed by atoms with E-state index in [1.54, 1.807) is 54.7 Å². The Balaban J connectivity index is 1.58. The minimum Gasteiger partial charge on any atom is -0.439 e. The maximum atomic E-state index is 13.1. The Hall–Kier alpha value is -3.21. The molecule has 0 radical (unpaired) electrons. The van der Waals surface area contributed by atoms with Crippen LogP contribution >= 0.6 is 0 Å². The predicted octanol–water partition coefficient (Wildman–Crippen LogP) is 4.16. The van der Waals surface area contributed by atoms with Gasteiger partial charge >= 0.3 is 5.97 Å². The molecule has 0 bridgehead atoms. The Morgan fingerprint density at radius 1 is 0.958 bits per heavy atom. The van der Waals surface area contributed by atoms with Gasteiger partial charge in [-0.15, -0.1) is 0 Å². The summed E-state index contributed by atoms with van der Waals surface area (Å²) in [4.78, 5) is 15.9. The molecule has 24 heavy (non-hydrogen) atoms. The van der Waals surface area contributed by atoms with Crippen LogP contribution in [-0.4, -0.2) is 11.0 Å². The molecule has 3 rings (SSSR count). The summed E-state index contributed by atoms with van der Waals surface area (Å²) in [6.45, 7) is 0. The molecule has 5 heteroatoms. The number of hydrogen-bond acceptors (Lipinski definition) is 4. The van der Waals surface area contributed by atoms with E-state index >= 15 is 0 Å². The first-order valence-corrected chi connectivity index (χ1v) is 7.33. The molecule has 0 saturated carbocycles. The quantitative estimate of drug-likeness (QED) is 0.522. The molecular formula is C19H14FNO3. The molecule has 3 aromatic rings. The fourth-order valence-corrected chi connectivity index (χ4v) is 2.09. The molecule has 0 atom stereocenters. The second kappa shape index (κ2) is 7.37. The van der Waals surface area contributed by atoms with E-state index in [0.29, 0.717) is 22.9 Å². The summed E-state index contributed by atoms with van der Waals surface area (Å²) in [6, 6.07) is 17.9. The molecule has 0 saturated heterocycles. The van der Waals surface area contributed by atoms with Crippen molar-refractivity contribution in [3.63, 3.8) is 0 Å². The zero-order valence-corrected chi connectivity index (χ0v) is 12.7. The monoisotopic (exact) mass is 323 g/mol. The van der Waals surface area contributed by atoms with E-state index < -0.39 is 5.97 Å². The van der Waals surface area contributed by atoms with E-state index in [4.69, 9.17) is 9.47 Å². The summed E-state index contributed by atoms with van der Waals surface area (Å²) < 4.78 is 23.9. The van der Waals surface area contributed by atoms with Crippen LogP contribution < -0.4 is 9.47 Å². The van der Waals surface area contributed by atoms with Gasteiger partial charge in [0, 0.05) is 12.3 Å². The van der Waals surface area contributed by atoms with Gasteiger partial charge in [-0.25, -0.2) is 9.37 Å². The molecule has 4 nitrogen and oxygen atoms in total. The van der Waals surface area contributed by atoms with Crippen LogP contribution in [0.3, 0.4) is 0 Å². The molecule has 0 N–H and O–H groups in total. The number of carbonyl (C=O) groups excluding carboxylic acids is 1. The molecule has 120 valence electrons. The van der Waals surface area contributed by atoms with Crippen LogP contribution in [0.5, 0.6) is 17.4 Å². The topological polar surface area (TPSA) is 48.4 Å². The molecule has 1 aromatic heterocycles. The molecule has 1 heterocycles. The fraction of sp³-hybridized carbons (Fsp3) is 0.0526. The highest BCUT2D eigenvalue weighted by atomic mass is 19.1. The summed E-state index contributed by atoms with van der Waals surface area (Å²) in [6.07, 6.45) is 1.64. The first-order chi connectivity index (χ1) is 11.7. The number of aromatic nitrogens is 1. The van der Waals surface area contributed by atoms with Crippen LogP contribution in [0.15, 0.2) is 72.9 Å². The van der Waals surface area contributed by atoms with E-state index in [-0.39, 0.29) is 12.2 Å². The van der Waals surface area contributed by atoms with Crippen LogP contribution in [0.1, 0.15) is 5.56 Å². The van der Waals surface area contributed by atoms with Gasteiger partial charge in [-0.3, -0.25) is 4.79 Å². The van der Waals surface area contributed by atoms with Crippen LogP contribution in [0.4, 0.5) is 4.39 Å². The number of halogens is 1. The van der Waals surface area contributed by atoms with Gasteiger partial charge < -0.3 is 9.47 Å². The zero-order chi connectivity index (χ0) is 16.8. The molecule has 0 spiro atoms. The van der Waals surface area contributed by atoms with E-state index in [0.717, 1.165) is 0 Å². The molecular weight excluding hydrogens is 309 g/mol.